The van der Waals surface area contributed by atoms with Gasteiger partial charge in [-0.05, 0) is 19.3 Å². The lowest BCUT2D eigenvalue weighted by Gasteiger charge is -2.24. The summed E-state index contributed by atoms with van der Waals surface area (Å²) in [5, 5.41) is 3.55. The van der Waals surface area contributed by atoms with Crippen LogP contribution in [0.5, 0.6) is 0 Å². The fraction of sp³-hybridized carbons (Fsp3) is 1.00. The number of nitrogens with one attached hydrogen (secondary N) is 1. The van der Waals surface area contributed by atoms with Crippen LogP contribution in [0.2, 0.25) is 0 Å². The van der Waals surface area contributed by atoms with Gasteiger partial charge in [-0.3, -0.25) is 0 Å². The minimum atomic E-state index is 0.228. The van der Waals surface area contributed by atoms with Crippen LogP contribution in [0.3, 0.4) is 0 Å². The molecular weight excluding hydrogens is 214 g/mol. The van der Waals surface area contributed by atoms with Crippen LogP contribution in [0.1, 0.15) is 46.5 Å². The summed E-state index contributed by atoms with van der Waals surface area (Å²) in [4.78, 5) is 0. The summed E-state index contributed by atoms with van der Waals surface area (Å²) in [6, 6.07) is 0.784. The Balaban J connectivity index is 1.88. The van der Waals surface area contributed by atoms with Crippen LogP contribution in [0.4, 0.5) is 0 Å². The SMILES string of the molecule is CCCCOCCOCC(C)(C)CNC1CC1. The topological polar surface area (TPSA) is 30.5 Å². The molecule has 1 fully saturated rings. The maximum absolute atomic E-state index is 5.67. The Bertz CT molecular complexity index is 191. The molecule has 0 saturated heterocycles. The maximum Gasteiger partial charge on any atom is 0.0700 e. The van der Waals surface area contributed by atoms with E-state index < -0.39 is 0 Å². The van der Waals surface area contributed by atoms with Crippen LogP contribution < -0.4 is 5.32 Å². The van der Waals surface area contributed by atoms with Crippen LogP contribution >= 0.6 is 0 Å². The third-order valence-corrected chi connectivity index (χ3v) is 2.95. The summed E-state index contributed by atoms with van der Waals surface area (Å²) >= 11 is 0. The lowest BCUT2D eigenvalue weighted by molar-refractivity contribution is 0.0143. The van der Waals surface area contributed by atoms with Crippen molar-refractivity contribution in [3.8, 4) is 0 Å². The molecule has 102 valence electrons. The third kappa shape index (κ3) is 8.58. The average molecular weight is 243 g/mol. The number of rotatable bonds is 11. The average Bonchev–Trinajstić information content (AvgIpc) is 3.09. The van der Waals surface area contributed by atoms with Crippen molar-refractivity contribution in [2.24, 2.45) is 5.41 Å². The third-order valence-electron chi connectivity index (χ3n) is 2.95. The van der Waals surface area contributed by atoms with Crippen molar-refractivity contribution in [2.45, 2.75) is 52.5 Å². The van der Waals surface area contributed by atoms with E-state index in [0.29, 0.717) is 0 Å². The molecular formula is C14H29NO2. The molecule has 0 bridgehead atoms. The van der Waals surface area contributed by atoms with Gasteiger partial charge in [-0.1, -0.05) is 27.2 Å². The molecule has 0 atom stereocenters. The van der Waals surface area contributed by atoms with Crippen LogP contribution in [0.25, 0.3) is 0 Å². The fourth-order valence-corrected chi connectivity index (χ4v) is 1.57. The molecule has 0 aromatic rings. The van der Waals surface area contributed by atoms with Gasteiger partial charge >= 0.3 is 0 Å². The molecule has 1 N–H and O–H groups in total. The van der Waals surface area contributed by atoms with E-state index >= 15 is 0 Å². The monoisotopic (exact) mass is 243 g/mol. The smallest absolute Gasteiger partial charge is 0.0700 e. The highest BCUT2D eigenvalue weighted by Gasteiger charge is 2.25. The van der Waals surface area contributed by atoms with Crippen LogP contribution in [0.15, 0.2) is 0 Å². The fourth-order valence-electron chi connectivity index (χ4n) is 1.57. The first kappa shape index (κ1) is 14.9. The molecule has 1 saturated carbocycles. The predicted molar refractivity (Wildman–Crippen MR) is 71.4 cm³/mol. The highest BCUT2D eigenvalue weighted by atomic mass is 16.5. The molecule has 0 radical (unpaired) electrons. The molecule has 1 aliphatic rings. The van der Waals surface area contributed by atoms with Gasteiger partial charge in [-0.2, -0.15) is 0 Å². The molecule has 0 heterocycles. The van der Waals surface area contributed by atoms with E-state index in [0.717, 1.165) is 45.4 Å². The molecule has 0 unspecified atom stereocenters. The molecule has 1 aliphatic carbocycles. The lowest BCUT2D eigenvalue weighted by Crippen LogP contribution is -2.34. The lowest BCUT2D eigenvalue weighted by atomic mass is 9.95. The summed E-state index contributed by atoms with van der Waals surface area (Å²) in [5.74, 6) is 0. The van der Waals surface area contributed by atoms with E-state index in [2.05, 4.69) is 26.1 Å². The molecule has 3 heteroatoms. The van der Waals surface area contributed by atoms with E-state index in [1.54, 1.807) is 0 Å². The first-order valence-corrected chi connectivity index (χ1v) is 7.03. The van der Waals surface area contributed by atoms with Crippen LogP contribution in [0, 0.1) is 5.41 Å². The summed E-state index contributed by atoms with van der Waals surface area (Å²) in [6.07, 6.45) is 5.04. The number of hydrogen-bond donors (Lipinski definition) is 1. The summed E-state index contributed by atoms with van der Waals surface area (Å²) in [6.45, 7) is 10.9. The van der Waals surface area contributed by atoms with Gasteiger partial charge in [0.05, 0.1) is 19.8 Å². The van der Waals surface area contributed by atoms with E-state index in [1.165, 1.54) is 19.3 Å². The van der Waals surface area contributed by atoms with Gasteiger partial charge in [0.2, 0.25) is 0 Å². The van der Waals surface area contributed by atoms with Crippen molar-refractivity contribution >= 4 is 0 Å². The second kappa shape index (κ2) is 8.06. The molecule has 3 nitrogen and oxygen atoms in total. The van der Waals surface area contributed by atoms with Gasteiger partial charge in [0.1, 0.15) is 0 Å². The highest BCUT2D eigenvalue weighted by molar-refractivity contribution is 4.83. The summed E-state index contributed by atoms with van der Waals surface area (Å²) in [7, 11) is 0. The highest BCUT2D eigenvalue weighted by Crippen LogP contribution is 2.21. The second-order valence-electron chi connectivity index (χ2n) is 5.84. The molecule has 0 aromatic carbocycles. The van der Waals surface area contributed by atoms with Crippen molar-refractivity contribution in [2.75, 3.05) is 33.0 Å². The standard InChI is InChI=1S/C14H29NO2/c1-4-5-8-16-9-10-17-12-14(2,3)11-15-13-6-7-13/h13,15H,4-12H2,1-3H3. The number of unbranched alkanes of at least 4 members (excludes halogenated alkanes) is 1. The Morgan fingerprint density at radius 2 is 1.82 bits per heavy atom. The normalized spacial score (nSPS) is 16.4. The predicted octanol–water partition coefficient (Wildman–Crippen LogP) is 2.60. The van der Waals surface area contributed by atoms with Crippen LogP contribution in [-0.2, 0) is 9.47 Å². The number of hydrogen-bond acceptors (Lipinski definition) is 3. The zero-order valence-corrected chi connectivity index (χ0v) is 11.8. The van der Waals surface area contributed by atoms with Gasteiger partial charge in [-0.15, -0.1) is 0 Å². The Morgan fingerprint density at radius 3 is 2.47 bits per heavy atom. The Hall–Kier alpha value is -0.120. The van der Waals surface area contributed by atoms with Gasteiger partial charge in [-0.25, -0.2) is 0 Å². The number of ether oxygens (including phenoxy) is 2. The minimum absolute atomic E-state index is 0.228. The Labute approximate surface area is 106 Å². The Kier molecular flexibility index (Phi) is 7.09. The molecule has 17 heavy (non-hydrogen) atoms. The van der Waals surface area contributed by atoms with E-state index in [9.17, 15) is 0 Å². The van der Waals surface area contributed by atoms with E-state index in [1.807, 2.05) is 0 Å². The molecule has 0 amide bonds. The van der Waals surface area contributed by atoms with E-state index in [4.69, 9.17) is 9.47 Å². The van der Waals surface area contributed by atoms with Gasteiger partial charge in [0.25, 0.3) is 0 Å². The maximum atomic E-state index is 5.67. The minimum Gasteiger partial charge on any atom is -0.379 e. The Morgan fingerprint density at radius 1 is 1.12 bits per heavy atom. The van der Waals surface area contributed by atoms with Crippen LogP contribution in [-0.4, -0.2) is 39.0 Å². The van der Waals surface area contributed by atoms with Crippen molar-refractivity contribution in [1.29, 1.82) is 0 Å². The van der Waals surface area contributed by atoms with Crippen molar-refractivity contribution in [1.82, 2.24) is 5.32 Å². The summed E-state index contributed by atoms with van der Waals surface area (Å²) < 4.78 is 11.1. The van der Waals surface area contributed by atoms with Crippen molar-refractivity contribution in [3.05, 3.63) is 0 Å². The second-order valence-corrected chi connectivity index (χ2v) is 5.84. The first-order chi connectivity index (χ1) is 8.14. The summed E-state index contributed by atoms with van der Waals surface area (Å²) in [5.41, 5.74) is 0.228. The quantitative estimate of drug-likeness (QED) is 0.566. The van der Waals surface area contributed by atoms with Gasteiger partial charge < -0.3 is 14.8 Å². The molecule has 1 rings (SSSR count). The van der Waals surface area contributed by atoms with Crippen molar-refractivity contribution < 1.29 is 9.47 Å². The molecule has 0 spiro atoms. The van der Waals surface area contributed by atoms with Gasteiger partial charge in [0, 0.05) is 24.6 Å². The van der Waals surface area contributed by atoms with E-state index in [-0.39, 0.29) is 5.41 Å². The van der Waals surface area contributed by atoms with Crippen molar-refractivity contribution in [3.63, 3.8) is 0 Å². The largest absolute Gasteiger partial charge is 0.379 e. The van der Waals surface area contributed by atoms with Gasteiger partial charge in [0.15, 0.2) is 0 Å². The zero-order valence-electron chi connectivity index (χ0n) is 11.8. The first-order valence-electron chi connectivity index (χ1n) is 7.03. The zero-order chi connectivity index (χ0) is 12.6. The molecule has 0 aliphatic heterocycles. The molecule has 0 aromatic heterocycles.